The number of aryl methyl sites for hydroxylation is 4. The quantitative estimate of drug-likeness (QED) is 0.835. The zero-order valence-corrected chi connectivity index (χ0v) is 12.5. The molecule has 0 fully saturated rings. The van der Waals surface area contributed by atoms with Gasteiger partial charge in [-0.1, -0.05) is 13.3 Å². The lowest BCUT2D eigenvalue weighted by molar-refractivity contribution is 0.667. The molecule has 1 aromatic carbocycles. The largest absolute Gasteiger partial charge is 0.347 e. The van der Waals surface area contributed by atoms with E-state index in [2.05, 4.69) is 43.7 Å². The fourth-order valence-corrected chi connectivity index (χ4v) is 2.64. The number of nitrogens with zero attached hydrogens (tertiary/aromatic N) is 1. The maximum Gasteiger partial charge on any atom is 0.0486 e. The molecule has 0 aliphatic carbocycles. The molecule has 0 radical (unpaired) electrons. The van der Waals surface area contributed by atoms with Crippen LogP contribution >= 0.6 is 0 Å². The molecule has 2 N–H and O–H groups in total. The SMILES string of the molecule is CCCCc1cn(CCCN)c2cc(C)c(C)cc12. The Labute approximate surface area is 116 Å². The van der Waals surface area contributed by atoms with Crippen molar-refractivity contribution >= 4 is 10.9 Å². The van der Waals surface area contributed by atoms with Gasteiger partial charge in [0.15, 0.2) is 0 Å². The third-order valence-electron chi connectivity index (χ3n) is 3.98. The van der Waals surface area contributed by atoms with E-state index in [-0.39, 0.29) is 0 Å². The van der Waals surface area contributed by atoms with Gasteiger partial charge in [-0.25, -0.2) is 0 Å². The normalized spacial score (nSPS) is 11.4. The highest BCUT2D eigenvalue weighted by molar-refractivity contribution is 5.85. The van der Waals surface area contributed by atoms with Crippen molar-refractivity contribution in [1.29, 1.82) is 0 Å². The van der Waals surface area contributed by atoms with Crippen LogP contribution in [0.15, 0.2) is 18.3 Å². The highest BCUT2D eigenvalue weighted by Gasteiger charge is 2.09. The van der Waals surface area contributed by atoms with Crippen LogP contribution in [0.25, 0.3) is 10.9 Å². The van der Waals surface area contributed by atoms with Gasteiger partial charge >= 0.3 is 0 Å². The first-order valence-corrected chi connectivity index (χ1v) is 7.46. The number of nitrogens with two attached hydrogens (primary N) is 1. The van der Waals surface area contributed by atoms with Gasteiger partial charge in [0.1, 0.15) is 0 Å². The van der Waals surface area contributed by atoms with Crippen LogP contribution in [0.4, 0.5) is 0 Å². The monoisotopic (exact) mass is 258 g/mol. The van der Waals surface area contributed by atoms with E-state index >= 15 is 0 Å². The van der Waals surface area contributed by atoms with Gasteiger partial charge in [0.2, 0.25) is 0 Å². The predicted molar refractivity (Wildman–Crippen MR) is 83.7 cm³/mol. The molecule has 1 heterocycles. The molecule has 0 amide bonds. The maximum atomic E-state index is 5.65. The molecule has 0 aliphatic heterocycles. The fourth-order valence-electron chi connectivity index (χ4n) is 2.64. The van der Waals surface area contributed by atoms with E-state index in [9.17, 15) is 0 Å². The average Bonchev–Trinajstić information content (AvgIpc) is 2.72. The number of hydrogen-bond donors (Lipinski definition) is 1. The summed E-state index contributed by atoms with van der Waals surface area (Å²) in [6, 6.07) is 4.69. The summed E-state index contributed by atoms with van der Waals surface area (Å²) in [6.45, 7) is 8.44. The van der Waals surface area contributed by atoms with Crippen molar-refractivity contribution in [2.75, 3.05) is 6.54 Å². The van der Waals surface area contributed by atoms with Crippen LogP contribution in [0.2, 0.25) is 0 Å². The first-order valence-electron chi connectivity index (χ1n) is 7.46. The van der Waals surface area contributed by atoms with E-state index < -0.39 is 0 Å². The number of benzene rings is 1. The summed E-state index contributed by atoms with van der Waals surface area (Å²) in [7, 11) is 0. The number of hydrogen-bond acceptors (Lipinski definition) is 1. The Morgan fingerprint density at radius 1 is 1.11 bits per heavy atom. The molecule has 0 aliphatic rings. The van der Waals surface area contributed by atoms with Crippen molar-refractivity contribution in [2.24, 2.45) is 5.73 Å². The van der Waals surface area contributed by atoms with Crippen molar-refractivity contribution in [2.45, 2.75) is 53.0 Å². The van der Waals surface area contributed by atoms with Crippen LogP contribution in [0.1, 0.15) is 42.9 Å². The summed E-state index contributed by atoms with van der Waals surface area (Å²) in [5.74, 6) is 0. The minimum absolute atomic E-state index is 0.759. The van der Waals surface area contributed by atoms with Crippen LogP contribution in [0.3, 0.4) is 0 Å². The number of rotatable bonds is 6. The molecule has 0 spiro atoms. The maximum absolute atomic E-state index is 5.65. The average molecular weight is 258 g/mol. The van der Waals surface area contributed by atoms with Gasteiger partial charge in [0, 0.05) is 23.6 Å². The Hall–Kier alpha value is -1.28. The topological polar surface area (TPSA) is 30.9 Å². The second kappa shape index (κ2) is 6.25. The van der Waals surface area contributed by atoms with E-state index in [0.29, 0.717) is 0 Å². The molecule has 2 heteroatoms. The van der Waals surface area contributed by atoms with Gasteiger partial charge in [-0.15, -0.1) is 0 Å². The summed E-state index contributed by atoms with van der Waals surface area (Å²) < 4.78 is 2.39. The van der Waals surface area contributed by atoms with E-state index in [0.717, 1.165) is 19.5 Å². The van der Waals surface area contributed by atoms with Crippen LogP contribution in [0.5, 0.6) is 0 Å². The standard InChI is InChI=1S/C17H26N2/c1-4-5-7-15-12-19(9-6-8-18)17-11-14(3)13(2)10-16(15)17/h10-12H,4-9,18H2,1-3H3. The molecule has 2 nitrogen and oxygen atoms in total. The fraction of sp³-hybridized carbons (Fsp3) is 0.529. The molecule has 0 bridgehead atoms. The zero-order chi connectivity index (χ0) is 13.8. The number of aromatic nitrogens is 1. The van der Waals surface area contributed by atoms with Gasteiger partial charge in [-0.3, -0.25) is 0 Å². The van der Waals surface area contributed by atoms with Crippen LogP contribution < -0.4 is 5.73 Å². The lowest BCUT2D eigenvalue weighted by Crippen LogP contribution is -2.04. The van der Waals surface area contributed by atoms with Crippen molar-refractivity contribution in [3.63, 3.8) is 0 Å². The van der Waals surface area contributed by atoms with E-state index in [1.807, 2.05) is 0 Å². The van der Waals surface area contributed by atoms with Crippen molar-refractivity contribution in [3.8, 4) is 0 Å². The minimum Gasteiger partial charge on any atom is -0.347 e. The minimum atomic E-state index is 0.759. The Kier molecular flexibility index (Phi) is 4.65. The van der Waals surface area contributed by atoms with E-state index in [4.69, 9.17) is 5.73 Å². The molecule has 104 valence electrons. The Bertz CT molecular complexity index is 504. The molecule has 0 saturated heterocycles. The molecule has 0 unspecified atom stereocenters. The van der Waals surface area contributed by atoms with Gasteiger partial charge in [0.05, 0.1) is 0 Å². The second-order valence-corrected chi connectivity index (χ2v) is 5.55. The van der Waals surface area contributed by atoms with Gasteiger partial charge in [-0.2, -0.15) is 0 Å². The molecule has 0 saturated carbocycles. The summed E-state index contributed by atoms with van der Waals surface area (Å²) in [5.41, 5.74) is 11.3. The van der Waals surface area contributed by atoms with E-state index in [1.54, 1.807) is 0 Å². The van der Waals surface area contributed by atoms with Gasteiger partial charge in [0.25, 0.3) is 0 Å². The highest BCUT2D eigenvalue weighted by Crippen LogP contribution is 2.26. The first kappa shape index (κ1) is 14.1. The van der Waals surface area contributed by atoms with Crippen LogP contribution in [-0.4, -0.2) is 11.1 Å². The molecule has 2 aromatic rings. The predicted octanol–water partition coefficient (Wildman–Crippen LogP) is 3.95. The second-order valence-electron chi connectivity index (χ2n) is 5.55. The Balaban J connectivity index is 2.46. The van der Waals surface area contributed by atoms with Gasteiger partial charge < -0.3 is 10.3 Å². The van der Waals surface area contributed by atoms with Crippen molar-refractivity contribution < 1.29 is 0 Å². The van der Waals surface area contributed by atoms with Crippen molar-refractivity contribution in [1.82, 2.24) is 4.57 Å². The Morgan fingerprint density at radius 3 is 2.53 bits per heavy atom. The zero-order valence-electron chi connectivity index (χ0n) is 12.5. The third kappa shape index (κ3) is 3.01. The molecule has 19 heavy (non-hydrogen) atoms. The van der Waals surface area contributed by atoms with Crippen LogP contribution in [0, 0.1) is 13.8 Å². The molecular weight excluding hydrogens is 232 g/mol. The Morgan fingerprint density at radius 2 is 1.84 bits per heavy atom. The number of unbranched alkanes of at least 4 members (excludes halogenated alkanes) is 1. The lowest BCUT2D eigenvalue weighted by atomic mass is 10.0. The van der Waals surface area contributed by atoms with Crippen molar-refractivity contribution in [3.05, 3.63) is 35.0 Å². The molecular formula is C17H26N2. The summed E-state index contributed by atoms with van der Waals surface area (Å²) in [6.07, 6.45) is 7.09. The first-order chi connectivity index (χ1) is 9.17. The van der Waals surface area contributed by atoms with E-state index in [1.165, 1.54) is 46.9 Å². The number of fused-ring (bicyclic) bond motifs is 1. The highest BCUT2D eigenvalue weighted by atomic mass is 15.0. The lowest BCUT2D eigenvalue weighted by Gasteiger charge is -2.06. The summed E-state index contributed by atoms with van der Waals surface area (Å²) in [4.78, 5) is 0. The third-order valence-corrected chi connectivity index (χ3v) is 3.98. The molecule has 2 rings (SSSR count). The smallest absolute Gasteiger partial charge is 0.0486 e. The summed E-state index contributed by atoms with van der Waals surface area (Å²) >= 11 is 0. The molecule has 1 aromatic heterocycles. The van der Waals surface area contributed by atoms with Crippen LogP contribution in [-0.2, 0) is 13.0 Å². The molecule has 0 atom stereocenters. The van der Waals surface area contributed by atoms with Gasteiger partial charge in [-0.05, 0) is 68.5 Å². The summed E-state index contributed by atoms with van der Waals surface area (Å²) in [5, 5.41) is 1.44.